The molecule has 0 bridgehead atoms. The first-order valence-corrected chi connectivity index (χ1v) is 6.80. The number of pyridine rings is 1. The molecule has 2 heterocycles. The molecule has 5 heteroatoms. The van der Waals surface area contributed by atoms with Gasteiger partial charge in [0, 0.05) is 11.5 Å². The fourth-order valence-electron chi connectivity index (χ4n) is 1.94. The Balaban J connectivity index is 1.89. The first kappa shape index (κ1) is 12.8. The highest BCUT2D eigenvalue weighted by Gasteiger charge is 2.05. The van der Waals surface area contributed by atoms with Crippen LogP contribution in [0.3, 0.4) is 0 Å². The molecule has 4 nitrogen and oxygen atoms in total. The lowest BCUT2D eigenvalue weighted by Crippen LogP contribution is -1.97. The van der Waals surface area contributed by atoms with E-state index in [-0.39, 0.29) is 0 Å². The van der Waals surface area contributed by atoms with Crippen molar-refractivity contribution in [2.45, 2.75) is 6.54 Å². The predicted octanol–water partition coefficient (Wildman–Crippen LogP) is 2.91. The van der Waals surface area contributed by atoms with E-state index in [0.717, 1.165) is 22.0 Å². The van der Waals surface area contributed by atoms with Crippen molar-refractivity contribution in [3.05, 3.63) is 55.4 Å². The molecule has 1 unspecified atom stereocenters. The smallest absolute Gasteiger partial charge is 0.219 e. The molecule has 0 spiro atoms. The molecule has 2 aromatic heterocycles. The number of benzene rings is 1. The maximum Gasteiger partial charge on any atom is 0.219 e. The Morgan fingerprint density at radius 2 is 2.05 bits per heavy atom. The molecule has 3 rings (SSSR count). The van der Waals surface area contributed by atoms with Crippen LogP contribution in [-0.4, -0.2) is 14.8 Å². The monoisotopic (exact) mass is 283 g/mol. The van der Waals surface area contributed by atoms with E-state index >= 15 is 0 Å². The molecule has 20 heavy (non-hydrogen) atoms. The Hall–Kier alpha value is -2.19. The lowest BCUT2D eigenvalue weighted by molar-refractivity contribution is 0.464. The predicted molar refractivity (Wildman–Crippen MR) is 83.6 cm³/mol. The Morgan fingerprint density at radius 3 is 2.80 bits per heavy atom. The lowest BCUT2D eigenvalue weighted by atomic mass is 10.3. The highest BCUT2D eigenvalue weighted by atomic mass is 31.0. The minimum atomic E-state index is 0.562. The van der Waals surface area contributed by atoms with Crippen LogP contribution in [0.2, 0.25) is 0 Å². The zero-order valence-electron chi connectivity index (χ0n) is 10.9. The van der Waals surface area contributed by atoms with Gasteiger partial charge in [-0.15, -0.1) is 15.8 Å². The van der Waals surface area contributed by atoms with Crippen molar-refractivity contribution in [2.24, 2.45) is 0 Å². The Labute approximate surface area is 119 Å². The van der Waals surface area contributed by atoms with Crippen molar-refractivity contribution >= 4 is 25.4 Å². The average molecular weight is 283 g/mol. The maximum atomic E-state index is 5.73. The van der Waals surface area contributed by atoms with Gasteiger partial charge in [0.05, 0.1) is 24.5 Å². The van der Waals surface area contributed by atoms with Crippen LogP contribution < -0.4 is 10.0 Å². The van der Waals surface area contributed by atoms with E-state index in [4.69, 9.17) is 4.74 Å². The van der Waals surface area contributed by atoms with Gasteiger partial charge in [0.1, 0.15) is 5.75 Å². The van der Waals surface area contributed by atoms with E-state index in [9.17, 15) is 0 Å². The van der Waals surface area contributed by atoms with Gasteiger partial charge in [-0.1, -0.05) is 18.2 Å². The Bertz CT molecular complexity index is 749. The van der Waals surface area contributed by atoms with Gasteiger partial charge in [-0.3, -0.25) is 4.68 Å². The number of ether oxygens (including phenoxy) is 1. The normalized spacial score (nSPS) is 10.7. The number of rotatable bonds is 4. The molecule has 1 atom stereocenters. The van der Waals surface area contributed by atoms with Crippen LogP contribution >= 0.6 is 9.24 Å². The Morgan fingerprint density at radius 1 is 1.25 bits per heavy atom. The van der Waals surface area contributed by atoms with Crippen LogP contribution in [0.1, 0.15) is 0 Å². The highest BCUT2D eigenvalue weighted by molar-refractivity contribution is 7.27. The number of hydrogen-bond donors (Lipinski definition) is 0. The van der Waals surface area contributed by atoms with E-state index in [1.807, 2.05) is 35.0 Å². The van der Waals surface area contributed by atoms with Crippen molar-refractivity contribution in [1.82, 2.24) is 14.8 Å². The second-order valence-electron chi connectivity index (χ2n) is 4.37. The molecule has 3 aromatic rings. The largest absolute Gasteiger partial charge is 0.439 e. The summed E-state index contributed by atoms with van der Waals surface area (Å²) in [4.78, 5) is 4.32. The lowest BCUT2D eigenvalue weighted by Gasteiger charge is -2.05. The molecule has 0 aliphatic heterocycles. The van der Waals surface area contributed by atoms with E-state index in [2.05, 4.69) is 25.9 Å². The Kier molecular flexibility index (Phi) is 3.48. The third-order valence-corrected chi connectivity index (χ3v) is 3.29. The summed E-state index contributed by atoms with van der Waals surface area (Å²) in [5.41, 5.74) is 0.970. The molecule has 0 N–H and O–H groups in total. The van der Waals surface area contributed by atoms with Crippen molar-refractivity contribution in [2.75, 3.05) is 0 Å². The summed E-state index contributed by atoms with van der Waals surface area (Å²) in [7, 11) is 2.64. The minimum absolute atomic E-state index is 0.562. The zero-order valence-corrected chi connectivity index (χ0v) is 12.0. The van der Waals surface area contributed by atoms with Gasteiger partial charge in [0.2, 0.25) is 5.88 Å². The van der Waals surface area contributed by atoms with Gasteiger partial charge in [0.25, 0.3) is 0 Å². The molecular formula is C15H14N3OP. The van der Waals surface area contributed by atoms with Gasteiger partial charge in [0.15, 0.2) is 0 Å². The second kappa shape index (κ2) is 5.43. The van der Waals surface area contributed by atoms with E-state index in [1.165, 1.54) is 0 Å². The third-order valence-electron chi connectivity index (χ3n) is 2.91. The number of fused-ring (bicyclic) bond motifs is 1. The van der Waals surface area contributed by atoms with Gasteiger partial charge in [-0.05, 0) is 17.4 Å². The zero-order chi connectivity index (χ0) is 13.9. The summed E-state index contributed by atoms with van der Waals surface area (Å²) < 4.78 is 7.58. The average Bonchev–Trinajstić information content (AvgIpc) is 2.85. The van der Waals surface area contributed by atoms with Gasteiger partial charge in [-0.25, -0.2) is 4.98 Å². The summed E-state index contributed by atoms with van der Waals surface area (Å²) in [6, 6.07) is 9.66. The molecule has 0 radical (unpaired) electrons. The van der Waals surface area contributed by atoms with Crippen molar-refractivity contribution < 1.29 is 4.74 Å². The highest BCUT2D eigenvalue weighted by Crippen LogP contribution is 2.22. The minimum Gasteiger partial charge on any atom is -0.439 e. The van der Waals surface area contributed by atoms with Crippen molar-refractivity contribution in [3.63, 3.8) is 0 Å². The van der Waals surface area contributed by atoms with E-state index in [0.29, 0.717) is 12.4 Å². The summed E-state index contributed by atoms with van der Waals surface area (Å²) >= 11 is 0. The second-order valence-corrected chi connectivity index (χ2v) is 5.03. The van der Waals surface area contributed by atoms with Gasteiger partial charge >= 0.3 is 0 Å². The molecule has 0 saturated heterocycles. The topological polar surface area (TPSA) is 39.9 Å². The molecule has 0 fully saturated rings. The maximum absolute atomic E-state index is 5.73. The summed E-state index contributed by atoms with van der Waals surface area (Å²) in [6.45, 7) is 4.38. The fourth-order valence-corrected chi connectivity index (χ4v) is 2.13. The SMILES string of the molecule is C=CCn1ncc2cc(Oc3ccc(P)cc3)ncc21. The molecule has 0 saturated carbocycles. The fraction of sp³-hybridized carbons (Fsp3) is 0.0667. The number of aromatic nitrogens is 3. The molecular weight excluding hydrogens is 269 g/mol. The van der Waals surface area contributed by atoms with Crippen molar-refractivity contribution in [1.29, 1.82) is 0 Å². The van der Waals surface area contributed by atoms with Crippen LogP contribution in [-0.2, 0) is 6.54 Å². The molecule has 0 amide bonds. The van der Waals surface area contributed by atoms with Crippen LogP contribution in [0.5, 0.6) is 11.6 Å². The van der Waals surface area contributed by atoms with Crippen LogP contribution in [0.4, 0.5) is 0 Å². The summed E-state index contributed by atoms with van der Waals surface area (Å²) in [6.07, 6.45) is 5.38. The van der Waals surface area contributed by atoms with Crippen LogP contribution in [0.15, 0.2) is 55.4 Å². The van der Waals surface area contributed by atoms with Crippen LogP contribution in [0.25, 0.3) is 10.9 Å². The number of allylic oxidation sites excluding steroid dienone is 1. The molecule has 100 valence electrons. The van der Waals surface area contributed by atoms with E-state index < -0.39 is 0 Å². The number of hydrogen-bond acceptors (Lipinski definition) is 3. The third kappa shape index (κ3) is 2.56. The summed E-state index contributed by atoms with van der Waals surface area (Å²) in [5.74, 6) is 1.33. The quantitative estimate of drug-likeness (QED) is 0.546. The summed E-state index contributed by atoms with van der Waals surface area (Å²) in [5, 5.41) is 6.41. The van der Waals surface area contributed by atoms with E-state index in [1.54, 1.807) is 18.5 Å². The van der Waals surface area contributed by atoms with Crippen molar-refractivity contribution in [3.8, 4) is 11.6 Å². The number of nitrogens with zero attached hydrogens (tertiary/aromatic N) is 3. The first-order valence-electron chi connectivity index (χ1n) is 6.22. The molecule has 0 aliphatic rings. The van der Waals surface area contributed by atoms with Gasteiger partial charge in [-0.2, -0.15) is 5.10 Å². The van der Waals surface area contributed by atoms with Crippen LogP contribution in [0, 0.1) is 0 Å². The molecule has 0 aliphatic carbocycles. The standard InChI is InChI=1S/C15H14N3OP/c1-2-7-18-14-10-16-15(8-11(14)9-17-18)19-12-3-5-13(20)6-4-12/h2-6,8-10H,1,7,20H2. The van der Waals surface area contributed by atoms with Gasteiger partial charge < -0.3 is 4.74 Å². The first-order chi connectivity index (χ1) is 9.76. The molecule has 1 aromatic carbocycles.